The Balaban J connectivity index is 1.50. The van der Waals surface area contributed by atoms with E-state index in [1.54, 1.807) is 0 Å². The van der Waals surface area contributed by atoms with Crippen LogP contribution in [0.1, 0.15) is 22.8 Å². The molecule has 3 aromatic carbocycles. The molecule has 0 aromatic heterocycles. The lowest BCUT2D eigenvalue weighted by atomic mass is 10.1. The Kier molecular flexibility index (Phi) is 4.66. The fourth-order valence-electron chi connectivity index (χ4n) is 2.67. The molecular weight excluding hydrogens is 312 g/mol. The van der Waals surface area contributed by atoms with Crippen molar-refractivity contribution in [2.45, 2.75) is 19.3 Å². The monoisotopic (exact) mass is 332 g/mol. The molecule has 1 aliphatic heterocycles. The molecule has 25 heavy (non-hydrogen) atoms. The van der Waals surface area contributed by atoms with Crippen molar-refractivity contribution in [3.05, 3.63) is 95.6 Å². The number of benzene rings is 3. The van der Waals surface area contributed by atoms with Gasteiger partial charge in [0.2, 0.25) is 0 Å². The summed E-state index contributed by atoms with van der Waals surface area (Å²) in [6.07, 6.45) is 0.197. The molecule has 0 spiro atoms. The highest BCUT2D eigenvalue weighted by Crippen LogP contribution is 2.37. The van der Waals surface area contributed by atoms with Crippen molar-refractivity contribution in [1.82, 2.24) is 0 Å². The molecule has 0 aliphatic carbocycles. The number of hydrogen-bond donors (Lipinski definition) is 0. The highest BCUT2D eigenvalue weighted by molar-refractivity contribution is 5.44. The van der Waals surface area contributed by atoms with Gasteiger partial charge in [-0.1, -0.05) is 66.7 Å². The van der Waals surface area contributed by atoms with E-state index in [0.717, 1.165) is 34.8 Å². The molecule has 3 heteroatoms. The van der Waals surface area contributed by atoms with Gasteiger partial charge in [0.25, 0.3) is 0 Å². The van der Waals surface area contributed by atoms with E-state index in [2.05, 4.69) is 24.3 Å². The number of hydrogen-bond acceptors (Lipinski definition) is 3. The van der Waals surface area contributed by atoms with E-state index < -0.39 is 0 Å². The summed E-state index contributed by atoms with van der Waals surface area (Å²) in [5, 5.41) is 0. The Morgan fingerprint density at radius 2 is 1.28 bits per heavy atom. The molecule has 0 N–H and O–H groups in total. The first kappa shape index (κ1) is 15.7. The molecule has 1 saturated heterocycles. The van der Waals surface area contributed by atoms with E-state index in [1.165, 1.54) is 0 Å². The summed E-state index contributed by atoms with van der Waals surface area (Å²) in [7, 11) is 0. The number of epoxide rings is 1. The van der Waals surface area contributed by atoms with Crippen LogP contribution in [0.15, 0.2) is 78.9 Å². The van der Waals surface area contributed by atoms with Gasteiger partial charge in [0.1, 0.15) is 19.3 Å². The van der Waals surface area contributed by atoms with E-state index >= 15 is 0 Å². The molecular formula is C22H20O3. The fraction of sp³-hybridized carbons (Fsp3) is 0.182. The lowest BCUT2D eigenvalue weighted by Gasteiger charge is -2.14. The molecule has 4 rings (SSSR count). The minimum atomic E-state index is 0.197. The first-order valence-electron chi connectivity index (χ1n) is 8.47. The van der Waals surface area contributed by atoms with Gasteiger partial charge < -0.3 is 14.2 Å². The first-order valence-corrected chi connectivity index (χ1v) is 8.47. The maximum Gasteiger partial charge on any atom is 0.162 e. The van der Waals surface area contributed by atoms with E-state index in [4.69, 9.17) is 14.2 Å². The standard InChI is InChI=1S/C22H20O3/c1-3-7-17(8-4-1)14-23-20-12-11-19(22-16-25-22)13-21(20)24-15-18-9-5-2-6-10-18/h1-13,22H,14-16H2. The Morgan fingerprint density at radius 3 is 1.84 bits per heavy atom. The van der Waals surface area contributed by atoms with E-state index in [1.807, 2.05) is 54.6 Å². The van der Waals surface area contributed by atoms with Gasteiger partial charge >= 0.3 is 0 Å². The van der Waals surface area contributed by atoms with Gasteiger partial charge in [0.05, 0.1) is 6.61 Å². The molecule has 1 atom stereocenters. The SMILES string of the molecule is c1ccc(COc2ccc(C3CO3)cc2OCc2ccccc2)cc1. The summed E-state index contributed by atoms with van der Waals surface area (Å²) < 4.78 is 17.4. The van der Waals surface area contributed by atoms with Crippen LogP contribution in [-0.4, -0.2) is 6.61 Å². The average molecular weight is 332 g/mol. The Bertz CT molecular complexity index is 811. The molecule has 1 unspecified atom stereocenters. The van der Waals surface area contributed by atoms with Crippen molar-refractivity contribution in [2.24, 2.45) is 0 Å². The topological polar surface area (TPSA) is 31.0 Å². The summed E-state index contributed by atoms with van der Waals surface area (Å²) in [4.78, 5) is 0. The lowest BCUT2D eigenvalue weighted by molar-refractivity contribution is 0.255. The van der Waals surface area contributed by atoms with Crippen LogP contribution in [-0.2, 0) is 18.0 Å². The normalized spacial score (nSPS) is 15.6. The molecule has 1 aliphatic rings. The molecule has 0 amide bonds. The molecule has 1 fully saturated rings. The fourth-order valence-corrected chi connectivity index (χ4v) is 2.67. The van der Waals surface area contributed by atoms with Crippen LogP contribution in [0, 0.1) is 0 Å². The highest BCUT2D eigenvalue weighted by atomic mass is 16.6. The number of ether oxygens (including phenoxy) is 3. The van der Waals surface area contributed by atoms with Crippen LogP contribution in [0.3, 0.4) is 0 Å². The molecule has 3 aromatic rings. The van der Waals surface area contributed by atoms with Crippen LogP contribution in [0.5, 0.6) is 11.5 Å². The zero-order valence-corrected chi connectivity index (χ0v) is 13.9. The molecule has 126 valence electrons. The summed E-state index contributed by atoms with van der Waals surface area (Å²) in [5.74, 6) is 1.51. The Hall–Kier alpha value is -2.78. The van der Waals surface area contributed by atoms with Gasteiger partial charge in [0.15, 0.2) is 11.5 Å². The second-order valence-corrected chi connectivity index (χ2v) is 6.08. The quantitative estimate of drug-likeness (QED) is 0.576. The minimum Gasteiger partial charge on any atom is -0.485 e. The van der Waals surface area contributed by atoms with E-state index in [0.29, 0.717) is 13.2 Å². The van der Waals surface area contributed by atoms with E-state index in [-0.39, 0.29) is 6.10 Å². The second-order valence-electron chi connectivity index (χ2n) is 6.08. The summed E-state index contributed by atoms with van der Waals surface area (Å²) >= 11 is 0. The molecule has 1 heterocycles. The molecule has 3 nitrogen and oxygen atoms in total. The first-order chi connectivity index (χ1) is 12.4. The summed E-state index contributed by atoms with van der Waals surface area (Å²) in [5.41, 5.74) is 3.39. The van der Waals surface area contributed by atoms with Crippen molar-refractivity contribution >= 4 is 0 Å². The van der Waals surface area contributed by atoms with E-state index in [9.17, 15) is 0 Å². The van der Waals surface area contributed by atoms with Crippen molar-refractivity contribution in [3.63, 3.8) is 0 Å². The van der Waals surface area contributed by atoms with Crippen LogP contribution < -0.4 is 9.47 Å². The molecule has 0 radical (unpaired) electrons. The molecule has 0 saturated carbocycles. The molecule has 0 bridgehead atoms. The zero-order chi connectivity index (χ0) is 16.9. The Labute approximate surface area is 147 Å². The predicted octanol–water partition coefficient (Wildman–Crippen LogP) is 4.92. The second kappa shape index (κ2) is 7.41. The largest absolute Gasteiger partial charge is 0.485 e. The lowest BCUT2D eigenvalue weighted by Crippen LogP contribution is -2.01. The van der Waals surface area contributed by atoms with Gasteiger partial charge in [0, 0.05) is 0 Å². The minimum absolute atomic E-state index is 0.197. The van der Waals surface area contributed by atoms with Gasteiger partial charge in [-0.25, -0.2) is 0 Å². The third-order valence-corrected chi connectivity index (χ3v) is 4.15. The number of rotatable bonds is 7. The van der Waals surface area contributed by atoms with Crippen LogP contribution in [0.2, 0.25) is 0 Å². The maximum atomic E-state index is 6.05. The summed E-state index contributed by atoms with van der Waals surface area (Å²) in [6, 6.07) is 26.3. The van der Waals surface area contributed by atoms with Crippen molar-refractivity contribution in [1.29, 1.82) is 0 Å². The summed E-state index contributed by atoms with van der Waals surface area (Å²) in [6.45, 7) is 1.81. The van der Waals surface area contributed by atoms with Gasteiger partial charge in [-0.15, -0.1) is 0 Å². The van der Waals surface area contributed by atoms with Crippen molar-refractivity contribution in [3.8, 4) is 11.5 Å². The smallest absolute Gasteiger partial charge is 0.162 e. The van der Waals surface area contributed by atoms with Crippen molar-refractivity contribution in [2.75, 3.05) is 6.61 Å². The average Bonchev–Trinajstić information content (AvgIpc) is 3.52. The van der Waals surface area contributed by atoms with Crippen LogP contribution in [0.4, 0.5) is 0 Å². The third kappa shape index (κ3) is 4.20. The van der Waals surface area contributed by atoms with Crippen LogP contribution in [0.25, 0.3) is 0 Å². The van der Waals surface area contributed by atoms with Gasteiger partial charge in [-0.2, -0.15) is 0 Å². The third-order valence-electron chi connectivity index (χ3n) is 4.15. The van der Waals surface area contributed by atoms with Crippen molar-refractivity contribution < 1.29 is 14.2 Å². The predicted molar refractivity (Wildman–Crippen MR) is 96.7 cm³/mol. The Morgan fingerprint density at radius 1 is 0.720 bits per heavy atom. The highest BCUT2D eigenvalue weighted by Gasteiger charge is 2.26. The maximum absolute atomic E-state index is 6.05. The van der Waals surface area contributed by atoms with Crippen LogP contribution >= 0.6 is 0 Å². The van der Waals surface area contributed by atoms with Gasteiger partial charge in [-0.3, -0.25) is 0 Å². The van der Waals surface area contributed by atoms with Gasteiger partial charge in [-0.05, 0) is 28.8 Å². The zero-order valence-electron chi connectivity index (χ0n) is 13.9.